The Morgan fingerprint density at radius 2 is 1.00 bits per heavy atom. The molecule has 35 heavy (non-hydrogen) atoms. The molecule has 6 aromatic rings. The molecule has 2 aromatic carbocycles. The second-order valence-electron chi connectivity index (χ2n) is 8.25. The molecule has 0 spiro atoms. The van der Waals surface area contributed by atoms with Crippen molar-refractivity contribution in [2.45, 2.75) is 6.42 Å². The van der Waals surface area contributed by atoms with Gasteiger partial charge in [0.2, 0.25) is 0 Å². The minimum atomic E-state index is 0.589. The van der Waals surface area contributed by atoms with E-state index in [2.05, 4.69) is 20.9 Å². The van der Waals surface area contributed by atoms with Gasteiger partial charge in [-0.3, -0.25) is 8.80 Å². The van der Waals surface area contributed by atoms with E-state index in [4.69, 9.17) is 19.4 Å². The lowest BCUT2D eigenvalue weighted by atomic mass is 10.2. The summed E-state index contributed by atoms with van der Waals surface area (Å²) in [5, 5.41) is 0. The molecule has 4 aromatic heterocycles. The number of aromatic nitrogens is 4. The Kier molecular flexibility index (Phi) is 5.19. The molecule has 0 aliphatic heterocycles. The van der Waals surface area contributed by atoms with Gasteiger partial charge >= 0.3 is 0 Å². The fourth-order valence-corrected chi connectivity index (χ4v) is 4.66. The molecule has 4 heterocycles. The van der Waals surface area contributed by atoms with E-state index in [-0.39, 0.29) is 0 Å². The first kappa shape index (κ1) is 21.0. The van der Waals surface area contributed by atoms with E-state index < -0.39 is 0 Å². The summed E-state index contributed by atoms with van der Waals surface area (Å²) in [5.74, 6) is 3.28. The van der Waals surface area contributed by atoms with E-state index in [0.29, 0.717) is 6.42 Å². The van der Waals surface area contributed by atoms with Gasteiger partial charge in [-0.15, -0.1) is 0 Å². The molecule has 0 radical (unpaired) electrons. The van der Waals surface area contributed by atoms with Gasteiger partial charge in [-0.2, -0.15) is 0 Å². The van der Waals surface area contributed by atoms with Gasteiger partial charge in [-0.05, 0) is 48.5 Å². The average molecular weight is 461 g/mol. The Hall–Kier alpha value is -4.58. The zero-order chi connectivity index (χ0) is 23.8. The van der Waals surface area contributed by atoms with Crippen molar-refractivity contribution in [3.63, 3.8) is 0 Å². The number of benzene rings is 2. The summed E-state index contributed by atoms with van der Waals surface area (Å²) < 4.78 is 15.5. The highest BCUT2D eigenvalue weighted by Gasteiger charge is 2.20. The fourth-order valence-electron chi connectivity index (χ4n) is 4.66. The molecule has 0 atom stereocenters. The Bertz CT molecular complexity index is 1540. The first-order valence-corrected chi connectivity index (χ1v) is 11.5. The van der Waals surface area contributed by atoms with Crippen LogP contribution in [0.25, 0.3) is 33.8 Å². The highest BCUT2D eigenvalue weighted by molar-refractivity contribution is 5.73. The molecule has 6 rings (SSSR count). The van der Waals surface area contributed by atoms with Crippen molar-refractivity contribution < 1.29 is 9.47 Å². The van der Waals surface area contributed by atoms with Crippen LogP contribution in [0.3, 0.4) is 0 Å². The average Bonchev–Trinajstić information content (AvgIpc) is 3.47. The number of para-hydroxylation sites is 2. The molecule has 0 unspecified atom stereocenters. The largest absolute Gasteiger partial charge is 0.496 e. The predicted octanol–water partition coefficient (Wildman–Crippen LogP) is 5.92. The fraction of sp³-hybridized carbons (Fsp3) is 0.103. The standard InChI is InChI=1S/C29H24N4O2/c1-34-26-15-5-3-11-20(26)28-30-22(24-13-7-9-17-32(24)28)19-23-25-14-8-10-18-33(25)29(31-23)21-12-4-6-16-27(21)35-2/h3-18H,19H2,1-2H3. The molecule has 6 nitrogen and oxygen atoms in total. The highest BCUT2D eigenvalue weighted by Crippen LogP contribution is 2.34. The van der Waals surface area contributed by atoms with Crippen molar-refractivity contribution in [2.75, 3.05) is 14.2 Å². The normalized spacial score (nSPS) is 11.3. The van der Waals surface area contributed by atoms with E-state index in [1.165, 1.54) is 0 Å². The second kappa shape index (κ2) is 8.65. The molecular formula is C29H24N4O2. The predicted molar refractivity (Wildman–Crippen MR) is 137 cm³/mol. The Morgan fingerprint density at radius 1 is 0.571 bits per heavy atom. The van der Waals surface area contributed by atoms with E-state index in [1.807, 2.05) is 85.2 Å². The van der Waals surface area contributed by atoms with E-state index in [9.17, 15) is 0 Å². The minimum absolute atomic E-state index is 0.589. The van der Waals surface area contributed by atoms with Gasteiger partial charge in [0.25, 0.3) is 0 Å². The maximum atomic E-state index is 5.63. The summed E-state index contributed by atoms with van der Waals surface area (Å²) >= 11 is 0. The number of imidazole rings is 2. The van der Waals surface area contributed by atoms with E-state index >= 15 is 0 Å². The third kappa shape index (κ3) is 3.51. The van der Waals surface area contributed by atoms with Gasteiger partial charge in [0.05, 0.1) is 47.8 Å². The van der Waals surface area contributed by atoms with Crippen LogP contribution in [-0.4, -0.2) is 33.0 Å². The van der Waals surface area contributed by atoms with Gasteiger partial charge in [0.1, 0.15) is 23.1 Å². The molecule has 6 heteroatoms. The summed E-state index contributed by atoms with van der Waals surface area (Å²) in [6, 6.07) is 28.2. The van der Waals surface area contributed by atoms with Crippen molar-refractivity contribution in [1.82, 2.24) is 18.8 Å². The first-order valence-electron chi connectivity index (χ1n) is 11.5. The lowest BCUT2D eigenvalue weighted by Gasteiger charge is -2.06. The summed E-state index contributed by atoms with van der Waals surface area (Å²) in [6.07, 6.45) is 4.67. The molecule has 172 valence electrons. The van der Waals surface area contributed by atoms with Crippen molar-refractivity contribution >= 4 is 11.0 Å². The lowest BCUT2D eigenvalue weighted by molar-refractivity contribution is 0.416. The third-order valence-electron chi connectivity index (χ3n) is 6.28. The minimum Gasteiger partial charge on any atom is -0.496 e. The van der Waals surface area contributed by atoms with Gasteiger partial charge in [0.15, 0.2) is 0 Å². The lowest BCUT2D eigenvalue weighted by Crippen LogP contribution is -1.92. The first-order chi connectivity index (χ1) is 17.3. The van der Waals surface area contributed by atoms with Gasteiger partial charge in [-0.1, -0.05) is 36.4 Å². The van der Waals surface area contributed by atoms with Crippen LogP contribution in [0.15, 0.2) is 97.3 Å². The van der Waals surface area contributed by atoms with Crippen molar-refractivity contribution in [3.05, 3.63) is 109 Å². The van der Waals surface area contributed by atoms with Crippen LogP contribution in [0.4, 0.5) is 0 Å². The molecule has 0 amide bonds. The zero-order valence-corrected chi connectivity index (χ0v) is 19.6. The zero-order valence-electron chi connectivity index (χ0n) is 19.6. The van der Waals surface area contributed by atoms with Crippen molar-refractivity contribution in [1.29, 1.82) is 0 Å². The number of ether oxygens (including phenoxy) is 2. The number of fused-ring (bicyclic) bond motifs is 2. The number of rotatable bonds is 6. The van der Waals surface area contributed by atoms with Gasteiger partial charge in [0, 0.05) is 18.8 Å². The van der Waals surface area contributed by atoms with Crippen LogP contribution < -0.4 is 9.47 Å². The smallest absolute Gasteiger partial charge is 0.148 e. The van der Waals surface area contributed by atoms with Crippen LogP contribution in [-0.2, 0) is 6.42 Å². The van der Waals surface area contributed by atoms with E-state index in [0.717, 1.165) is 56.7 Å². The van der Waals surface area contributed by atoms with Crippen LogP contribution >= 0.6 is 0 Å². The molecule has 0 bridgehead atoms. The number of methoxy groups -OCH3 is 2. The number of hydrogen-bond donors (Lipinski definition) is 0. The Labute approximate surface area is 203 Å². The topological polar surface area (TPSA) is 53.1 Å². The molecule has 0 N–H and O–H groups in total. The molecule has 0 aliphatic rings. The summed E-state index contributed by atoms with van der Waals surface area (Å²) in [6.45, 7) is 0. The maximum absolute atomic E-state index is 5.63. The van der Waals surface area contributed by atoms with Crippen LogP contribution in [0, 0.1) is 0 Å². The summed E-state index contributed by atoms with van der Waals surface area (Å²) in [4.78, 5) is 10.2. The van der Waals surface area contributed by atoms with E-state index in [1.54, 1.807) is 14.2 Å². The highest BCUT2D eigenvalue weighted by atomic mass is 16.5. The van der Waals surface area contributed by atoms with Crippen molar-refractivity contribution in [2.24, 2.45) is 0 Å². The summed E-state index contributed by atoms with van der Waals surface area (Å²) in [7, 11) is 3.37. The maximum Gasteiger partial charge on any atom is 0.148 e. The Balaban J connectivity index is 1.52. The van der Waals surface area contributed by atoms with Crippen molar-refractivity contribution in [3.8, 4) is 34.3 Å². The van der Waals surface area contributed by atoms with Gasteiger partial charge < -0.3 is 9.47 Å². The second-order valence-corrected chi connectivity index (χ2v) is 8.25. The third-order valence-corrected chi connectivity index (χ3v) is 6.28. The SMILES string of the molecule is COc1ccccc1-c1nc(Cc2nc(-c3ccccc3OC)n3ccccc23)c2ccccn12. The monoisotopic (exact) mass is 460 g/mol. The molecule has 0 saturated heterocycles. The quantitative estimate of drug-likeness (QED) is 0.309. The Morgan fingerprint density at radius 3 is 1.46 bits per heavy atom. The molecule has 0 aliphatic carbocycles. The summed E-state index contributed by atoms with van der Waals surface area (Å²) in [5.41, 5.74) is 5.91. The molecule has 0 saturated carbocycles. The molecular weight excluding hydrogens is 436 g/mol. The van der Waals surface area contributed by atoms with Crippen LogP contribution in [0.5, 0.6) is 11.5 Å². The number of hydrogen-bond acceptors (Lipinski definition) is 4. The van der Waals surface area contributed by atoms with Crippen LogP contribution in [0.2, 0.25) is 0 Å². The van der Waals surface area contributed by atoms with Crippen LogP contribution in [0.1, 0.15) is 11.4 Å². The number of nitrogens with zero attached hydrogens (tertiary/aromatic N) is 4. The van der Waals surface area contributed by atoms with Gasteiger partial charge in [-0.25, -0.2) is 9.97 Å². The molecule has 0 fully saturated rings. The number of pyridine rings is 2.